The highest BCUT2D eigenvalue weighted by Gasteiger charge is 2.37. The molecule has 0 atom stereocenters. The zero-order valence-electron chi connectivity index (χ0n) is 10.7. The van der Waals surface area contributed by atoms with E-state index in [1.165, 1.54) is 21.3 Å². The largest absolute Gasteiger partial charge is 0.493 e. The van der Waals surface area contributed by atoms with Crippen LogP contribution in [-0.2, 0) is 6.18 Å². The molecule has 0 amide bonds. The smallest absolute Gasteiger partial charge is 0.417 e. The van der Waals surface area contributed by atoms with E-state index in [0.717, 1.165) is 12.1 Å². The molecule has 0 radical (unpaired) electrons. The number of benzene rings is 1. The van der Waals surface area contributed by atoms with E-state index in [1.807, 2.05) is 0 Å². The molecule has 7 heteroatoms. The van der Waals surface area contributed by atoms with Crippen LogP contribution in [0.2, 0.25) is 0 Å². The molecule has 0 aromatic heterocycles. The van der Waals surface area contributed by atoms with Gasteiger partial charge in [0.25, 0.3) is 0 Å². The highest BCUT2D eigenvalue weighted by Crippen LogP contribution is 2.40. The lowest BCUT2D eigenvalue weighted by Crippen LogP contribution is -2.23. The predicted octanol–water partition coefficient (Wildman–Crippen LogP) is 2.12. The van der Waals surface area contributed by atoms with Crippen LogP contribution < -0.4 is 14.8 Å². The third-order valence-electron chi connectivity index (χ3n) is 2.47. The van der Waals surface area contributed by atoms with Crippen molar-refractivity contribution < 1.29 is 27.4 Å². The number of halogens is 3. The average Bonchev–Trinajstić information content (AvgIpc) is 2.35. The van der Waals surface area contributed by atoms with Crippen molar-refractivity contribution in [2.45, 2.75) is 6.18 Å². The molecule has 1 rings (SSSR count). The van der Waals surface area contributed by atoms with Gasteiger partial charge in [-0.25, -0.2) is 0 Å². The summed E-state index contributed by atoms with van der Waals surface area (Å²) < 4.78 is 48.6. The van der Waals surface area contributed by atoms with Gasteiger partial charge in [-0.15, -0.1) is 0 Å². The Morgan fingerprint density at radius 1 is 1.26 bits per heavy atom. The summed E-state index contributed by atoms with van der Waals surface area (Å²) in [6.07, 6.45) is -4.64. The molecule has 0 aliphatic rings. The molecule has 19 heavy (non-hydrogen) atoms. The Morgan fingerprint density at radius 2 is 1.89 bits per heavy atom. The number of alkyl halides is 3. The van der Waals surface area contributed by atoms with E-state index in [9.17, 15) is 18.0 Å². The van der Waals surface area contributed by atoms with Crippen LogP contribution in [0.15, 0.2) is 12.1 Å². The SMILES string of the molecule is CNCC(=O)c1c(C(F)(F)F)ccc(OC)c1OC. The second kappa shape index (κ2) is 5.92. The molecule has 0 fully saturated rings. The number of methoxy groups -OCH3 is 2. The summed E-state index contributed by atoms with van der Waals surface area (Å²) in [5.41, 5.74) is -1.56. The molecule has 0 heterocycles. The molecule has 0 aliphatic carbocycles. The van der Waals surface area contributed by atoms with E-state index in [1.54, 1.807) is 0 Å². The summed E-state index contributed by atoms with van der Waals surface area (Å²) in [6.45, 7) is -0.230. The topological polar surface area (TPSA) is 47.6 Å². The van der Waals surface area contributed by atoms with Gasteiger partial charge < -0.3 is 14.8 Å². The maximum atomic E-state index is 12.9. The number of rotatable bonds is 5. The first-order valence-corrected chi connectivity index (χ1v) is 5.36. The van der Waals surface area contributed by atoms with Gasteiger partial charge in [-0.3, -0.25) is 4.79 Å². The van der Waals surface area contributed by atoms with E-state index in [0.29, 0.717) is 0 Å². The van der Waals surface area contributed by atoms with Crippen LogP contribution in [0.25, 0.3) is 0 Å². The van der Waals surface area contributed by atoms with Crippen LogP contribution >= 0.6 is 0 Å². The summed E-state index contributed by atoms with van der Waals surface area (Å²) >= 11 is 0. The Balaban J connectivity index is 3.53. The zero-order chi connectivity index (χ0) is 14.6. The van der Waals surface area contributed by atoms with Gasteiger partial charge in [-0.05, 0) is 19.2 Å². The van der Waals surface area contributed by atoms with Crippen molar-refractivity contribution in [3.63, 3.8) is 0 Å². The van der Waals surface area contributed by atoms with Crippen LogP contribution in [-0.4, -0.2) is 33.6 Å². The number of likely N-dealkylation sites (N-methyl/N-ethyl adjacent to an activating group) is 1. The maximum Gasteiger partial charge on any atom is 0.417 e. The highest BCUT2D eigenvalue weighted by molar-refractivity contribution is 6.02. The summed E-state index contributed by atoms with van der Waals surface area (Å²) in [6, 6.07) is 1.93. The molecule has 0 unspecified atom stereocenters. The fraction of sp³-hybridized carbons (Fsp3) is 0.417. The lowest BCUT2D eigenvalue weighted by atomic mass is 10.0. The number of hydrogen-bond acceptors (Lipinski definition) is 4. The standard InChI is InChI=1S/C12H14F3NO3/c1-16-6-8(17)10-7(12(13,14)15)4-5-9(18-2)11(10)19-3/h4-5,16H,6H2,1-3H3. The Bertz CT molecular complexity index is 472. The van der Waals surface area contributed by atoms with Gasteiger partial charge in [-0.2, -0.15) is 13.2 Å². The van der Waals surface area contributed by atoms with Crippen molar-refractivity contribution in [2.75, 3.05) is 27.8 Å². The van der Waals surface area contributed by atoms with Gasteiger partial charge in [0.1, 0.15) is 0 Å². The number of Topliss-reactive ketones (excluding diaryl/α,β-unsaturated/α-hetero) is 1. The molecule has 0 aliphatic heterocycles. The van der Waals surface area contributed by atoms with Crippen molar-refractivity contribution in [1.29, 1.82) is 0 Å². The summed E-state index contributed by atoms with van der Waals surface area (Å²) in [7, 11) is 3.95. The van der Waals surface area contributed by atoms with Crippen LogP contribution in [0, 0.1) is 0 Å². The molecule has 0 saturated carbocycles. The number of ketones is 1. The first-order chi connectivity index (χ1) is 8.86. The maximum absolute atomic E-state index is 12.9. The van der Waals surface area contributed by atoms with Crippen LogP contribution in [0.4, 0.5) is 13.2 Å². The van der Waals surface area contributed by atoms with E-state index >= 15 is 0 Å². The highest BCUT2D eigenvalue weighted by atomic mass is 19.4. The second-order valence-electron chi connectivity index (χ2n) is 3.67. The van der Waals surface area contributed by atoms with Crippen molar-refractivity contribution in [3.8, 4) is 11.5 Å². The molecule has 1 aromatic carbocycles. The van der Waals surface area contributed by atoms with E-state index in [4.69, 9.17) is 9.47 Å². The molecule has 106 valence electrons. The Morgan fingerprint density at radius 3 is 2.32 bits per heavy atom. The lowest BCUT2D eigenvalue weighted by Gasteiger charge is -2.17. The molecule has 4 nitrogen and oxygen atoms in total. The molecular formula is C12H14F3NO3. The number of carbonyl (C=O) groups excluding carboxylic acids is 1. The molecular weight excluding hydrogens is 263 g/mol. The van der Waals surface area contributed by atoms with Crippen LogP contribution in [0.1, 0.15) is 15.9 Å². The summed E-state index contributed by atoms with van der Waals surface area (Å²) in [5.74, 6) is -0.849. The predicted molar refractivity (Wildman–Crippen MR) is 62.8 cm³/mol. The van der Waals surface area contributed by atoms with E-state index in [2.05, 4.69) is 5.32 Å². The molecule has 0 bridgehead atoms. The Labute approximate surface area is 108 Å². The molecule has 1 aromatic rings. The molecule has 1 N–H and O–H groups in total. The minimum atomic E-state index is -4.64. The minimum absolute atomic E-state index is 0.0787. The number of carbonyl (C=O) groups is 1. The van der Waals surface area contributed by atoms with E-state index in [-0.39, 0.29) is 18.0 Å². The van der Waals surface area contributed by atoms with Gasteiger partial charge >= 0.3 is 6.18 Å². The van der Waals surface area contributed by atoms with Gasteiger partial charge in [0, 0.05) is 0 Å². The molecule has 0 saturated heterocycles. The first kappa shape index (κ1) is 15.3. The average molecular weight is 277 g/mol. The zero-order valence-corrected chi connectivity index (χ0v) is 10.7. The van der Waals surface area contributed by atoms with Crippen LogP contribution in [0.5, 0.6) is 11.5 Å². The fourth-order valence-corrected chi connectivity index (χ4v) is 1.69. The molecule has 0 spiro atoms. The van der Waals surface area contributed by atoms with Crippen molar-refractivity contribution in [2.24, 2.45) is 0 Å². The minimum Gasteiger partial charge on any atom is -0.493 e. The third-order valence-corrected chi connectivity index (χ3v) is 2.47. The monoisotopic (exact) mass is 277 g/mol. The van der Waals surface area contributed by atoms with E-state index < -0.39 is 23.1 Å². The number of ether oxygens (including phenoxy) is 2. The lowest BCUT2D eigenvalue weighted by molar-refractivity contribution is -0.138. The van der Waals surface area contributed by atoms with Crippen molar-refractivity contribution in [3.05, 3.63) is 23.3 Å². The number of hydrogen-bond donors (Lipinski definition) is 1. The quantitative estimate of drug-likeness (QED) is 0.838. The van der Waals surface area contributed by atoms with Gasteiger partial charge in [0.15, 0.2) is 17.3 Å². The van der Waals surface area contributed by atoms with Crippen molar-refractivity contribution >= 4 is 5.78 Å². The van der Waals surface area contributed by atoms with Gasteiger partial charge in [0.2, 0.25) is 0 Å². The summed E-state index contributed by atoms with van der Waals surface area (Å²) in [4.78, 5) is 11.9. The Hall–Kier alpha value is -1.76. The Kier molecular flexibility index (Phi) is 4.77. The normalized spacial score (nSPS) is 11.3. The van der Waals surface area contributed by atoms with Crippen LogP contribution in [0.3, 0.4) is 0 Å². The van der Waals surface area contributed by atoms with Gasteiger partial charge in [0.05, 0.1) is 31.9 Å². The summed E-state index contributed by atoms with van der Waals surface area (Å²) in [5, 5.41) is 2.52. The fourth-order valence-electron chi connectivity index (χ4n) is 1.69. The number of nitrogens with one attached hydrogen (secondary N) is 1. The van der Waals surface area contributed by atoms with Crippen molar-refractivity contribution in [1.82, 2.24) is 5.32 Å². The third kappa shape index (κ3) is 3.17. The first-order valence-electron chi connectivity index (χ1n) is 5.36. The second-order valence-corrected chi connectivity index (χ2v) is 3.67. The van der Waals surface area contributed by atoms with Gasteiger partial charge in [-0.1, -0.05) is 0 Å².